The first-order valence-corrected chi connectivity index (χ1v) is 16.9. The summed E-state index contributed by atoms with van der Waals surface area (Å²) < 4.78 is 20.0. The number of benzene rings is 2. The molecule has 10 nitrogen and oxygen atoms in total. The molecule has 2 aromatic rings. The normalized spacial score (nSPS) is 21.4. The van der Waals surface area contributed by atoms with Crippen LogP contribution in [0.4, 0.5) is 14.9 Å². The third-order valence-electron chi connectivity index (χ3n) is 9.98. The van der Waals surface area contributed by atoms with Gasteiger partial charge in [0.2, 0.25) is 11.8 Å². The number of hydrogen-bond donors (Lipinski definition) is 1. The SMILES string of the molecule is CCCC(CCC)N(C(=O)CN1C[C@H](c2ccc3c(c2)CCO3)[C@@H](C(=O)O)[C@@H]1CCN1C(=O)CCN(C)C1=O)c1ccc(F)c(C)c1. The fraction of sp³-hybridized carbons (Fsp3) is 0.556. The second-order valence-electron chi connectivity index (χ2n) is 13.1. The van der Waals surface area contributed by atoms with Gasteiger partial charge in [0.1, 0.15) is 11.6 Å². The maximum atomic E-state index is 14.5. The van der Waals surface area contributed by atoms with Crippen LogP contribution in [-0.2, 0) is 20.8 Å². The molecule has 3 aliphatic heterocycles. The Balaban J connectivity index is 1.49. The number of halogens is 1. The van der Waals surface area contributed by atoms with Crippen molar-refractivity contribution in [2.75, 3.05) is 44.7 Å². The molecular weight excluding hydrogens is 603 g/mol. The summed E-state index contributed by atoms with van der Waals surface area (Å²) in [6, 6.07) is 9.41. The summed E-state index contributed by atoms with van der Waals surface area (Å²) in [6.45, 7) is 7.06. The van der Waals surface area contributed by atoms with Crippen LogP contribution in [0.5, 0.6) is 5.75 Å². The number of amides is 4. The van der Waals surface area contributed by atoms with E-state index in [1.54, 1.807) is 31.0 Å². The Bertz CT molecular complexity index is 1490. The van der Waals surface area contributed by atoms with Gasteiger partial charge in [-0.25, -0.2) is 9.18 Å². The highest BCUT2D eigenvalue weighted by Crippen LogP contribution is 2.41. The van der Waals surface area contributed by atoms with E-state index >= 15 is 0 Å². The van der Waals surface area contributed by atoms with E-state index in [1.165, 1.54) is 15.9 Å². The molecule has 3 atom stereocenters. The molecule has 0 aromatic heterocycles. The highest BCUT2D eigenvalue weighted by atomic mass is 19.1. The van der Waals surface area contributed by atoms with E-state index in [-0.39, 0.29) is 49.6 Å². The van der Waals surface area contributed by atoms with Crippen molar-refractivity contribution < 1.29 is 33.4 Å². The van der Waals surface area contributed by atoms with Crippen LogP contribution in [-0.4, -0.2) is 95.5 Å². The summed E-state index contributed by atoms with van der Waals surface area (Å²) in [7, 11) is 1.64. The highest BCUT2D eigenvalue weighted by Gasteiger charge is 2.48. The monoisotopic (exact) mass is 650 g/mol. The summed E-state index contributed by atoms with van der Waals surface area (Å²) in [5.41, 5.74) is 2.96. The Hall–Kier alpha value is -3.99. The Morgan fingerprint density at radius 3 is 2.51 bits per heavy atom. The minimum absolute atomic E-state index is 0.0544. The lowest BCUT2D eigenvalue weighted by Crippen LogP contribution is -2.52. The predicted molar refractivity (Wildman–Crippen MR) is 176 cm³/mol. The molecule has 4 amide bonds. The minimum Gasteiger partial charge on any atom is -0.493 e. The first kappa shape index (κ1) is 34.3. The number of fused-ring (bicyclic) bond motifs is 1. The number of carboxylic acid groups (broad SMARTS) is 1. The molecule has 47 heavy (non-hydrogen) atoms. The number of likely N-dealkylation sites (tertiary alicyclic amines) is 1. The largest absolute Gasteiger partial charge is 0.493 e. The molecular formula is C36H47FN4O6. The molecule has 0 aliphatic carbocycles. The highest BCUT2D eigenvalue weighted by molar-refractivity contribution is 5.97. The average Bonchev–Trinajstić information content (AvgIpc) is 3.65. The van der Waals surface area contributed by atoms with Gasteiger partial charge < -0.3 is 19.6 Å². The van der Waals surface area contributed by atoms with Crippen molar-refractivity contribution in [1.82, 2.24) is 14.7 Å². The second kappa shape index (κ2) is 14.8. The number of aryl methyl sites for hydroxylation is 1. The molecule has 11 heteroatoms. The number of rotatable bonds is 13. The van der Waals surface area contributed by atoms with E-state index in [2.05, 4.69) is 13.8 Å². The molecule has 2 aromatic carbocycles. The van der Waals surface area contributed by atoms with Crippen LogP contribution >= 0.6 is 0 Å². The first-order valence-electron chi connectivity index (χ1n) is 16.9. The molecule has 3 aliphatic rings. The van der Waals surface area contributed by atoms with Gasteiger partial charge in [-0.15, -0.1) is 0 Å². The minimum atomic E-state index is -0.985. The van der Waals surface area contributed by atoms with Gasteiger partial charge in [-0.2, -0.15) is 0 Å². The third-order valence-corrected chi connectivity index (χ3v) is 9.98. The summed E-state index contributed by atoms with van der Waals surface area (Å²) in [6.07, 6.45) is 4.42. The smallest absolute Gasteiger partial charge is 0.326 e. The van der Waals surface area contributed by atoms with Crippen molar-refractivity contribution in [3.8, 4) is 5.75 Å². The zero-order valence-electron chi connectivity index (χ0n) is 27.9. The van der Waals surface area contributed by atoms with Crippen LogP contribution in [0.15, 0.2) is 36.4 Å². The number of carbonyl (C=O) groups is 4. The van der Waals surface area contributed by atoms with Gasteiger partial charge in [-0.1, -0.05) is 38.8 Å². The molecule has 5 rings (SSSR count). The fourth-order valence-electron chi connectivity index (χ4n) is 7.57. The molecule has 0 spiro atoms. The van der Waals surface area contributed by atoms with Crippen molar-refractivity contribution >= 4 is 29.5 Å². The summed E-state index contributed by atoms with van der Waals surface area (Å²) >= 11 is 0. The molecule has 0 saturated carbocycles. The van der Waals surface area contributed by atoms with Gasteiger partial charge in [0, 0.05) is 63.2 Å². The Labute approximate surface area is 276 Å². The summed E-state index contributed by atoms with van der Waals surface area (Å²) in [4.78, 5) is 59.6. The predicted octanol–water partition coefficient (Wildman–Crippen LogP) is 5.21. The first-order chi connectivity index (χ1) is 22.5. The van der Waals surface area contributed by atoms with Crippen molar-refractivity contribution in [2.24, 2.45) is 5.92 Å². The van der Waals surface area contributed by atoms with Crippen LogP contribution in [0.25, 0.3) is 0 Å². The number of aliphatic carboxylic acids is 1. The molecule has 0 radical (unpaired) electrons. The zero-order valence-corrected chi connectivity index (χ0v) is 27.9. The van der Waals surface area contributed by atoms with Gasteiger partial charge in [0.15, 0.2) is 0 Å². The molecule has 0 bridgehead atoms. The Morgan fingerprint density at radius 1 is 1.09 bits per heavy atom. The number of imide groups is 1. The van der Waals surface area contributed by atoms with Crippen LogP contribution in [0.1, 0.15) is 75.0 Å². The zero-order chi connectivity index (χ0) is 33.8. The molecule has 3 heterocycles. The Morgan fingerprint density at radius 2 is 1.83 bits per heavy atom. The summed E-state index contributed by atoms with van der Waals surface area (Å²) in [5, 5.41) is 10.7. The van der Waals surface area contributed by atoms with E-state index in [9.17, 15) is 28.7 Å². The van der Waals surface area contributed by atoms with Gasteiger partial charge >= 0.3 is 12.0 Å². The number of nitrogens with zero attached hydrogens (tertiary/aromatic N) is 4. The van der Waals surface area contributed by atoms with E-state index < -0.39 is 29.9 Å². The number of carbonyl (C=O) groups excluding carboxylic acids is 3. The van der Waals surface area contributed by atoms with E-state index in [0.717, 1.165) is 49.0 Å². The standard InChI is InChI=1S/C36H47FN4O6/c1-5-7-26(8-6-2)41(27-10-11-29(37)23(3)19-27)33(43)22-39-21-28(24-9-12-31-25(20-24)15-18-47-31)34(35(44)45)30(39)13-17-40-32(42)14-16-38(4)36(40)46/h9-12,19-20,26,28,30,34H,5-8,13-18,21-22H2,1-4H3,(H,44,45)/t28-,30+,34-/m1/s1. The number of hydrogen-bond acceptors (Lipinski definition) is 6. The van der Waals surface area contributed by atoms with Gasteiger partial charge in [-0.3, -0.25) is 24.2 Å². The van der Waals surface area contributed by atoms with Crippen molar-refractivity contribution in [2.45, 2.75) is 83.7 Å². The third kappa shape index (κ3) is 7.30. The van der Waals surface area contributed by atoms with Crippen LogP contribution in [0, 0.1) is 18.7 Å². The number of ether oxygens (including phenoxy) is 1. The maximum absolute atomic E-state index is 14.5. The maximum Gasteiger partial charge on any atom is 0.326 e. The molecule has 2 saturated heterocycles. The quantitative estimate of drug-likeness (QED) is 0.317. The van der Waals surface area contributed by atoms with Crippen molar-refractivity contribution in [1.29, 1.82) is 0 Å². The molecule has 0 unspecified atom stereocenters. The van der Waals surface area contributed by atoms with Crippen LogP contribution in [0.3, 0.4) is 0 Å². The number of urea groups is 1. The van der Waals surface area contributed by atoms with E-state index in [1.807, 2.05) is 23.1 Å². The lowest BCUT2D eigenvalue weighted by atomic mass is 9.83. The lowest BCUT2D eigenvalue weighted by molar-refractivity contribution is -0.143. The molecule has 1 N–H and O–H groups in total. The van der Waals surface area contributed by atoms with Gasteiger partial charge in [0.25, 0.3) is 0 Å². The second-order valence-corrected chi connectivity index (χ2v) is 13.1. The van der Waals surface area contributed by atoms with Gasteiger partial charge in [-0.05, 0) is 67.1 Å². The average molecular weight is 651 g/mol. The van der Waals surface area contributed by atoms with E-state index in [4.69, 9.17) is 4.74 Å². The number of anilines is 1. The van der Waals surface area contributed by atoms with E-state index in [0.29, 0.717) is 30.9 Å². The lowest BCUT2D eigenvalue weighted by Gasteiger charge is -2.36. The van der Waals surface area contributed by atoms with Gasteiger partial charge in [0.05, 0.1) is 19.1 Å². The van der Waals surface area contributed by atoms with Crippen LogP contribution < -0.4 is 9.64 Å². The molecule has 254 valence electrons. The fourth-order valence-corrected chi connectivity index (χ4v) is 7.57. The summed E-state index contributed by atoms with van der Waals surface area (Å²) in [5.74, 6) is -2.30. The topological polar surface area (TPSA) is 111 Å². The van der Waals surface area contributed by atoms with Crippen molar-refractivity contribution in [3.05, 3.63) is 58.9 Å². The van der Waals surface area contributed by atoms with Crippen LogP contribution in [0.2, 0.25) is 0 Å². The van der Waals surface area contributed by atoms with Crippen molar-refractivity contribution in [3.63, 3.8) is 0 Å². The Kier molecular flexibility index (Phi) is 10.8. The number of carboxylic acids is 1. The molecule has 2 fully saturated rings.